The van der Waals surface area contributed by atoms with Crippen LogP contribution < -0.4 is 5.32 Å². The summed E-state index contributed by atoms with van der Waals surface area (Å²) < 4.78 is 0. The van der Waals surface area contributed by atoms with Crippen LogP contribution in [-0.4, -0.2) is 9.97 Å². The number of fused-ring (bicyclic) bond motifs is 1. The number of benzene rings is 1. The van der Waals surface area contributed by atoms with E-state index in [-0.39, 0.29) is 11.3 Å². The van der Waals surface area contributed by atoms with Crippen LogP contribution >= 0.6 is 22.9 Å². The molecule has 3 aromatic rings. The molecule has 3 nitrogen and oxygen atoms in total. The lowest BCUT2D eigenvalue weighted by Crippen LogP contribution is -2.08. The van der Waals surface area contributed by atoms with Crippen LogP contribution in [0.25, 0.3) is 10.2 Å². The zero-order valence-corrected chi connectivity index (χ0v) is 13.7. The van der Waals surface area contributed by atoms with Gasteiger partial charge in [0.1, 0.15) is 10.6 Å². The molecule has 1 N–H and O–H groups in total. The first-order valence-corrected chi connectivity index (χ1v) is 7.99. The molecule has 108 valence electrons. The number of hydrogen-bond donors (Lipinski definition) is 1. The Morgan fingerprint density at radius 1 is 1.14 bits per heavy atom. The standard InChI is InChI=1S/C16H16ClN3S/c1-9-4-6-12(7-5-9)11(3)18-14-13-8-10(2)21-15(13)20-16(17)19-14/h4-8,11H,1-3H3,(H,18,19,20). The first-order chi connectivity index (χ1) is 10.0. The molecule has 0 radical (unpaired) electrons. The summed E-state index contributed by atoms with van der Waals surface area (Å²) in [5, 5.41) is 4.75. The first-order valence-electron chi connectivity index (χ1n) is 6.80. The van der Waals surface area contributed by atoms with Gasteiger partial charge in [-0.1, -0.05) is 29.8 Å². The van der Waals surface area contributed by atoms with Crippen molar-refractivity contribution in [3.8, 4) is 0 Å². The van der Waals surface area contributed by atoms with Gasteiger partial charge in [0, 0.05) is 10.9 Å². The Hall–Kier alpha value is -1.65. The summed E-state index contributed by atoms with van der Waals surface area (Å²) in [5.74, 6) is 0.794. The fraction of sp³-hybridized carbons (Fsp3) is 0.250. The van der Waals surface area contributed by atoms with E-state index in [0.717, 1.165) is 16.0 Å². The minimum absolute atomic E-state index is 0.153. The lowest BCUT2D eigenvalue weighted by atomic mass is 10.1. The summed E-state index contributed by atoms with van der Waals surface area (Å²) in [4.78, 5) is 10.8. The summed E-state index contributed by atoms with van der Waals surface area (Å²) in [6, 6.07) is 10.7. The van der Waals surface area contributed by atoms with Crippen molar-refractivity contribution in [1.29, 1.82) is 0 Å². The predicted molar refractivity (Wildman–Crippen MR) is 90.4 cm³/mol. The van der Waals surface area contributed by atoms with Crippen LogP contribution in [0.3, 0.4) is 0 Å². The Morgan fingerprint density at radius 2 is 1.86 bits per heavy atom. The molecule has 2 heterocycles. The molecule has 0 fully saturated rings. The maximum Gasteiger partial charge on any atom is 0.225 e. The predicted octanol–water partition coefficient (Wildman–Crippen LogP) is 5.13. The van der Waals surface area contributed by atoms with Gasteiger partial charge in [-0.05, 0) is 44.0 Å². The highest BCUT2D eigenvalue weighted by Crippen LogP contribution is 2.31. The van der Waals surface area contributed by atoms with E-state index in [4.69, 9.17) is 11.6 Å². The van der Waals surface area contributed by atoms with Crippen LogP contribution in [0.5, 0.6) is 0 Å². The second kappa shape index (κ2) is 5.62. The van der Waals surface area contributed by atoms with Crippen molar-refractivity contribution >= 4 is 39.0 Å². The largest absolute Gasteiger partial charge is 0.363 e. The topological polar surface area (TPSA) is 37.8 Å². The maximum atomic E-state index is 6.03. The molecular weight excluding hydrogens is 302 g/mol. The van der Waals surface area contributed by atoms with E-state index in [2.05, 4.69) is 66.4 Å². The molecule has 21 heavy (non-hydrogen) atoms. The highest BCUT2D eigenvalue weighted by Gasteiger charge is 2.13. The smallest absolute Gasteiger partial charge is 0.225 e. The zero-order valence-electron chi connectivity index (χ0n) is 12.1. The second-order valence-corrected chi connectivity index (χ2v) is 6.77. The van der Waals surface area contributed by atoms with Gasteiger partial charge in [-0.2, -0.15) is 0 Å². The Morgan fingerprint density at radius 3 is 2.57 bits per heavy atom. The van der Waals surface area contributed by atoms with Crippen molar-refractivity contribution in [3.05, 3.63) is 51.6 Å². The number of aromatic nitrogens is 2. The minimum atomic E-state index is 0.153. The molecule has 3 rings (SSSR count). The van der Waals surface area contributed by atoms with Crippen LogP contribution in [0.2, 0.25) is 5.28 Å². The van der Waals surface area contributed by atoms with E-state index in [9.17, 15) is 0 Å². The number of nitrogens with one attached hydrogen (secondary N) is 1. The van der Waals surface area contributed by atoms with E-state index in [1.165, 1.54) is 16.0 Å². The number of thiophene rings is 1. The molecule has 5 heteroatoms. The summed E-state index contributed by atoms with van der Waals surface area (Å²) >= 11 is 7.66. The Kier molecular flexibility index (Phi) is 3.83. The molecule has 0 aliphatic rings. The van der Waals surface area contributed by atoms with Gasteiger partial charge in [-0.25, -0.2) is 9.97 Å². The average Bonchev–Trinajstić information content (AvgIpc) is 2.79. The van der Waals surface area contributed by atoms with Crippen LogP contribution in [0, 0.1) is 13.8 Å². The summed E-state index contributed by atoms with van der Waals surface area (Å²) in [6.07, 6.45) is 0. The molecular formula is C16H16ClN3S. The fourth-order valence-electron chi connectivity index (χ4n) is 2.27. The third kappa shape index (κ3) is 3.01. The Bertz CT molecular complexity index is 780. The third-order valence-electron chi connectivity index (χ3n) is 3.42. The third-order valence-corrected chi connectivity index (χ3v) is 4.53. The zero-order chi connectivity index (χ0) is 15.0. The van der Waals surface area contributed by atoms with Crippen molar-refractivity contribution in [2.45, 2.75) is 26.8 Å². The maximum absolute atomic E-state index is 6.03. The van der Waals surface area contributed by atoms with E-state index in [1.807, 2.05) is 0 Å². The molecule has 1 unspecified atom stereocenters. The van der Waals surface area contributed by atoms with E-state index in [1.54, 1.807) is 11.3 Å². The van der Waals surface area contributed by atoms with E-state index >= 15 is 0 Å². The van der Waals surface area contributed by atoms with Gasteiger partial charge in [0.05, 0.1) is 5.39 Å². The van der Waals surface area contributed by atoms with Crippen LogP contribution in [0.1, 0.15) is 29.0 Å². The van der Waals surface area contributed by atoms with Crippen LogP contribution in [0.4, 0.5) is 5.82 Å². The number of aryl methyl sites for hydroxylation is 2. The molecule has 0 saturated carbocycles. The van der Waals surface area contributed by atoms with Gasteiger partial charge in [-0.3, -0.25) is 0 Å². The molecule has 0 spiro atoms. The molecule has 0 bridgehead atoms. The van der Waals surface area contributed by atoms with Crippen LogP contribution in [0.15, 0.2) is 30.3 Å². The van der Waals surface area contributed by atoms with E-state index in [0.29, 0.717) is 0 Å². The summed E-state index contributed by atoms with van der Waals surface area (Å²) in [7, 11) is 0. The van der Waals surface area contributed by atoms with Crippen molar-refractivity contribution in [1.82, 2.24) is 9.97 Å². The fourth-order valence-corrected chi connectivity index (χ4v) is 3.37. The van der Waals surface area contributed by atoms with Gasteiger partial charge >= 0.3 is 0 Å². The second-order valence-electron chi connectivity index (χ2n) is 5.19. The SMILES string of the molecule is Cc1ccc(C(C)Nc2nc(Cl)nc3sc(C)cc23)cc1. The Balaban J connectivity index is 1.95. The van der Waals surface area contributed by atoms with Gasteiger partial charge in [-0.15, -0.1) is 11.3 Å². The van der Waals surface area contributed by atoms with Crippen LogP contribution in [-0.2, 0) is 0 Å². The Labute approximate surface area is 133 Å². The van der Waals surface area contributed by atoms with Crippen molar-refractivity contribution in [3.63, 3.8) is 0 Å². The minimum Gasteiger partial charge on any atom is -0.363 e. The van der Waals surface area contributed by atoms with Gasteiger partial charge < -0.3 is 5.32 Å². The first kappa shape index (κ1) is 14.3. The average molecular weight is 318 g/mol. The number of hydrogen-bond acceptors (Lipinski definition) is 4. The monoisotopic (exact) mass is 317 g/mol. The molecule has 1 atom stereocenters. The lowest BCUT2D eigenvalue weighted by molar-refractivity contribution is 0.875. The van der Waals surface area contributed by atoms with E-state index < -0.39 is 0 Å². The normalized spacial score (nSPS) is 12.6. The molecule has 0 amide bonds. The highest BCUT2D eigenvalue weighted by atomic mass is 35.5. The van der Waals surface area contributed by atoms with Gasteiger partial charge in [0.25, 0.3) is 0 Å². The quantitative estimate of drug-likeness (QED) is 0.680. The summed E-state index contributed by atoms with van der Waals surface area (Å²) in [5.41, 5.74) is 2.47. The van der Waals surface area contributed by atoms with Gasteiger partial charge in [0.15, 0.2) is 0 Å². The van der Waals surface area contributed by atoms with Crippen molar-refractivity contribution in [2.75, 3.05) is 5.32 Å². The number of rotatable bonds is 3. The van der Waals surface area contributed by atoms with Crippen molar-refractivity contribution < 1.29 is 0 Å². The number of anilines is 1. The summed E-state index contributed by atoms with van der Waals surface area (Å²) in [6.45, 7) is 6.27. The number of halogens is 1. The molecule has 0 aliphatic heterocycles. The molecule has 0 aliphatic carbocycles. The molecule has 2 aromatic heterocycles. The highest BCUT2D eigenvalue weighted by molar-refractivity contribution is 7.18. The lowest BCUT2D eigenvalue weighted by Gasteiger charge is -2.16. The van der Waals surface area contributed by atoms with Crippen molar-refractivity contribution in [2.24, 2.45) is 0 Å². The van der Waals surface area contributed by atoms with Gasteiger partial charge in [0.2, 0.25) is 5.28 Å². The molecule has 0 saturated heterocycles. The number of nitrogens with zero attached hydrogens (tertiary/aromatic N) is 2. The molecule has 1 aromatic carbocycles.